The highest BCUT2D eigenvalue weighted by atomic mass is 15.1. The van der Waals surface area contributed by atoms with Crippen molar-refractivity contribution in [1.29, 1.82) is 0 Å². The van der Waals surface area contributed by atoms with Crippen molar-refractivity contribution in [2.45, 2.75) is 25.4 Å². The molecule has 0 amide bonds. The number of anilines is 1. The second kappa shape index (κ2) is 5.07. The van der Waals surface area contributed by atoms with Gasteiger partial charge < -0.3 is 10.6 Å². The number of hydrogen-bond acceptors (Lipinski definition) is 3. The molecule has 2 fully saturated rings. The third kappa shape index (κ3) is 2.79. The summed E-state index contributed by atoms with van der Waals surface area (Å²) < 4.78 is 0. The lowest BCUT2D eigenvalue weighted by atomic mass is 10.1. The van der Waals surface area contributed by atoms with Crippen LogP contribution in [0.4, 0.5) is 5.69 Å². The summed E-state index contributed by atoms with van der Waals surface area (Å²) in [6.07, 6.45) is 2.74. The van der Waals surface area contributed by atoms with E-state index in [1.54, 1.807) is 0 Å². The molecular weight excluding hydrogens is 210 g/mol. The zero-order chi connectivity index (χ0) is 11.5. The van der Waals surface area contributed by atoms with Gasteiger partial charge in [0.1, 0.15) is 0 Å². The SMILES string of the molecule is c1cc(NC2CNC2)ccc1CN1CCCC1. The van der Waals surface area contributed by atoms with E-state index in [9.17, 15) is 0 Å². The predicted molar refractivity (Wildman–Crippen MR) is 71.2 cm³/mol. The Bertz CT molecular complexity index is 350. The summed E-state index contributed by atoms with van der Waals surface area (Å²) in [5, 5.41) is 6.80. The average molecular weight is 231 g/mol. The Morgan fingerprint density at radius 1 is 1.12 bits per heavy atom. The normalized spacial score (nSPS) is 21.4. The maximum Gasteiger partial charge on any atom is 0.0510 e. The van der Waals surface area contributed by atoms with Gasteiger partial charge in [-0.15, -0.1) is 0 Å². The van der Waals surface area contributed by atoms with Gasteiger partial charge in [-0.25, -0.2) is 0 Å². The maximum absolute atomic E-state index is 3.52. The smallest absolute Gasteiger partial charge is 0.0510 e. The summed E-state index contributed by atoms with van der Waals surface area (Å²) in [5.41, 5.74) is 2.69. The van der Waals surface area contributed by atoms with Crippen LogP contribution in [-0.4, -0.2) is 37.1 Å². The molecule has 2 aliphatic heterocycles. The van der Waals surface area contributed by atoms with Crippen molar-refractivity contribution in [2.24, 2.45) is 0 Å². The van der Waals surface area contributed by atoms with E-state index in [1.165, 1.54) is 37.2 Å². The molecule has 17 heavy (non-hydrogen) atoms. The molecule has 0 aromatic heterocycles. The van der Waals surface area contributed by atoms with Crippen LogP contribution in [0.3, 0.4) is 0 Å². The first-order valence-corrected chi connectivity index (χ1v) is 6.69. The van der Waals surface area contributed by atoms with Crippen LogP contribution in [0.25, 0.3) is 0 Å². The lowest BCUT2D eigenvalue weighted by molar-refractivity contribution is 0.331. The Morgan fingerprint density at radius 2 is 1.82 bits per heavy atom. The standard InChI is InChI=1S/C14H21N3/c1-2-8-17(7-1)11-12-3-5-13(6-4-12)16-14-9-15-10-14/h3-6,14-16H,1-2,7-11H2. The molecule has 0 atom stereocenters. The van der Waals surface area contributed by atoms with Crippen molar-refractivity contribution >= 4 is 5.69 Å². The average Bonchev–Trinajstić information content (AvgIpc) is 2.78. The molecule has 0 unspecified atom stereocenters. The molecule has 2 aliphatic rings. The van der Waals surface area contributed by atoms with Crippen LogP contribution in [0.1, 0.15) is 18.4 Å². The lowest BCUT2D eigenvalue weighted by Crippen LogP contribution is -2.51. The van der Waals surface area contributed by atoms with E-state index in [1.807, 2.05) is 0 Å². The Kier molecular flexibility index (Phi) is 3.29. The first-order valence-electron chi connectivity index (χ1n) is 6.69. The minimum Gasteiger partial charge on any atom is -0.380 e. The first-order chi connectivity index (χ1) is 8.40. The van der Waals surface area contributed by atoms with Crippen molar-refractivity contribution in [1.82, 2.24) is 10.2 Å². The van der Waals surface area contributed by atoms with E-state index < -0.39 is 0 Å². The second-order valence-electron chi connectivity index (χ2n) is 5.18. The van der Waals surface area contributed by atoms with Gasteiger partial charge in [0, 0.05) is 25.3 Å². The van der Waals surface area contributed by atoms with Gasteiger partial charge in [-0.3, -0.25) is 4.90 Å². The molecule has 0 bridgehead atoms. The molecule has 0 radical (unpaired) electrons. The largest absolute Gasteiger partial charge is 0.380 e. The third-order valence-corrected chi connectivity index (χ3v) is 3.71. The predicted octanol–water partition coefficient (Wildman–Crippen LogP) is 1.67. The van der Waals surface area contributed by atoms with E-state index in [0.717, 1.165) is 19.6 Å². The van der Waals surface area contributed by atoms with E-state index in [4.69, 9.17) is 0 Å². The Morgan fingerprint density at radius 3 is 2.41 bits per heavy atom. The minimum absolute atomic E-state index is 0.624. The maximum atomic E-state index is 3.52. The lowest BCUT2D eigenvalue weighted by Gasteiger charge is -2.29. The third-order valence-electron chi connectivity index (χ3n) is 3.71. The Labute approximate surface area is 103 Å². The summed E-state index contributed by atoms with van der Waals surface area (Å²) in [5.74, 6) is 0. The molecule has 1 aromatic carbocycles. The summed E-state index contributed by atoms with van der Waals surface area (Å²) in [7, 11) is 0. The van der Waals surface area contributed by atoms with Gasteiger partial charge in [0.15, 0.2) is 0 Å². The molecule has 2 heterocycles. The van der Waals surface area contributed by atoms with Crippen LogP contribution in [0.15, 0.2) is 24.3 Å². The highest BCUT2D eigenvalue weighted by molar-refractivity contribution is 5.46. The monoisotopic (exact) mass is 231 g/mol. The summed E-state index contributed by atoms with van der Waals surface area (Å²) in [4.78, 5) is 2.54. The van der Waals surface area contributed by atoms with E-state index in [0.29, 0.717) is 6.04 Å². The topological polar surface area (TPSA) is 27.3 Å². The molecule has 1 aromatic rings. The fourth-order valence-electron chi connectivity index (χ4n) is 2.53. The molecule has 0 spiro atoms. The second-order valence-corrected chi connectivity index (χ2v) is 5.18. The van der Waals surface area contributed by atoms with Crippen LogP contribution < -0.4 is 10.6 Å². The van der Waals surface area contributed by atoms with Gasteiger partial charge in [-0.05, 0) is 43.6 Å². The quantitative estimate of drug-likeness (QED) is 0.825. The van der Waals surface area contributed by atoms with Gasteiger partial charge in [0.2, 0.25) is 0 Å². The van der Waals surface area contributed by atoms with Crippen molar-refractivity contribution in [3.8, 4) is 0 Å². The van der Waals surface area contributed by atoms with Gasteiger partial charge >= 0.3 is 0 Å². The van der Waals surface area contributed by atoms with Gasteiger partial charge in [0.05, 0.1) is 6.04 Å². The molecular formula is C14H21N3. The zero-order valence-corrected chi connectivity index (χ0v) is 10.3. The van der Waals surface area contributed by atoms with Crippen LogP contribution in [0.5, 0.6) is 0 Å². The van der Waals surface area contributed by atoms with Crippen molar-refractivity contribution < 1.29 is 0 Å². The highest BCUT2D eigenvalue weighted by Gasteiger charge is 2.16. The van der Waals surface area contributed by atoms with Crippen LogP contribution in [0, 0.1) is 0 Å². The zero-order valence-electron chi connectivity index (χ0n) is 10.3. The molecule has 0 saturated carbocycles. The first kappa shape index (κ1) is 11.1. The van der Waals surface area contributed by atoms with Crippen molar-refractivity contribution in [3.05, 3.63) is 29.8 Å². The number of hydrogen-bond donors (Lipinski definition) is 2. The highest BCUT2D eigenvalue weighted by Crippen LogP contribution is 2.16. The fourth-order valence-corrected chi connectivity index (χ4v) is 2.53. The van der Waals surface area contributed by atoms with E-state index in [2.05, 4.69) is 39.8 Å². The molecule has 92 valence electrons. The number of likely N-dealkylation sites (tertiary alicyclic amines) is 1. The number of nitrogens with zero attached hydrogens (tertiary/aromatic N) is 1. The molecule has 2 saturated heterocycles. The van der Waals surface area contributed by atoms with E-state index in [-0.39, 0.29) is 0 Å². The Hall–Kier alpha value is -1.06. The Balaban J connectivity index is 1.55. The van der Waals surface area contributed by atoms with Gasteiger partial charge in [-0.2, -0.15) is 0 Å². The van der Waals surface area contributed by atoms with Gasteiger partial charge in [0.25, 0.3) is 0 Å². The number of rotatable bonds is 4. The van der Waals surface area contributed by atoms with Crippen molar-refractivity contribution in [2.75, 3.05) is 31.5 Å². The van der Waals surface area contributed by atoms with Crippen LogP contribution in [-0.2, 0) is 6.54 Å². The number of nitrogens with one attached hydrogen (secondary N) is 2. The molecule has 2 N–H and O–H groups in total. The summed E-state index contributed by atoms with van der Waals surface area (Å²) in [6.45, 7) is 5.85. The summed E-state index contributed by atoms with van der Waals surface area (Å²) in [6, 6.07) is 9.56. The fraction of sp³-hybridized carbons (Fsp3) is 0.571. The van der Waals surface area contributed by atoms with Crippen molar-refractivity contribution in [3.63, 3.8) is 0 Å². The minimum atomic E-state index is 0.624. The van der Waals surface area contributed by atoms with E-state index >= 15 is 0 Å². The molecule has 3 heteroatoms. The van der Waals surface area contributed by atoms with Crippen LogP contribution >= 0.6 is 0 Å². The summed E-state index contributed by atoms with van der Waals surface area (Å²) >= 11 is 0. The molecule has 0 aliphatic carbocycles. The molecule has 3 nitrogen and oxygen atoms in total. The van der Waals surface area contributed by atoms with Crippen LogP contribution in [0.2, 0.25) is 0 Å². The van der Waals surface area contributed by atoms with Gasteiger partial charge in [-0.1, -0.05) is 12.1 Å². The number of benzene rings is 1. The molecule has 3 rings (SSSR count).